The number of carbonyl (C=O) groups excluding carboxylic acids is 1. The van der Waals surface area contributed by atoms with Gasteiger partial charge in [-0.1, -0.05) is 12.1 Å². The number of amides is 1. The Morgan fingerprint density at radius 3 is 2.11 bits per heavy atom. The van der Waals surface area contributed by atoms with Crippen LogP contribution in [0.25, 0.3) is 5.69 Å². The largest absolute Gasteiger partial charge is 0.494 e. The third kappa shape index (κ3) is 8.56. The molecule has 0 aliphatic carbocycles. The molecule has 46 heavy (non-hydrogen) atoms. The maximum atomic E-state index is 13.1. The predicted molar refractivity (Wildman–Crippen MR) is 171 cm³/mol. The molecule has 4 aromatic rings. The van der Waals surface area contributed by atoms with Crippen molar-refractivity contribution in [1.82, 2.24) is 19.7 Å². The second kappa shape index (κ2) is 15.7. The topological polar surface area (TPSA) is 207 Å². The molecular formula is C31H37N7O8. The number of anilines is 1. The van der Waals surface area contributed by atoms with E-state index in [2.05, 4.69) is 15.4 Å². The molecule has 0 bridgehead atoms. The van der Waals surface area contributed by atoms with Gasteiger partial charge in [-0.05, 0) is 54.1 Å². The number of carboxylic acid groups (broad SMARTS) is 1. The SMILES string of the molecule is CC(=O)O.COc1ccccc1-n1nc(C(Nc2ccc(C(=N)N)cc2)c2cc(OC)c(OCC(=O)N(C)C)c(OC)c2)[nH]c1=O. The van der Waals surface area contributed by atoms with E-state index in [0.29, 0.717) is 39.8 Å². The van der Waals surface area contributed by atoms with Crippen molar-refractivity contribution in [2.75, 3.05) is 47.3 Å². The van der Waals surface area contributed by atoms with Gasteiger partial charge < -0.3 is 40.0 Å². The number of nitrogens with one attached hydrogen (secondary N) is 3. The first-order valence-electron chi connectivity index (χ1n) is 13.7. The van der Waals surface area contributed by atoms with Crippen molar-refractivity contribution in [1.29, 1.82) is 5.41 Å². The van der Waals surface area contributed by atoms with Gasteiger partial charge in [0.1, 0.15) is 23.3 Å². The lowest BCUT2D eigenvalue weighted by atomic mass is 10.0. The minimum absolute atomic E-state index is 0.0595. The number of hydrogen-bond donors (Lipinski definition) is 5. The van der Waals surface area contributed by atoms with Gasteiger partial charge in [-0.15, -0.1) is 5.10 Å². The maximum absolute atomic E-state index is 13.1. The monoisotopic (exact) mass is 635 g/mol. The van der Waals surface area contributed by atoms with Gasteiger partial charge in [0.25, 0.3) is 11.9 Å². The number of amidine groups is 1. The van der Waals surface area contributed by atoms with Gasteiger partial charge in [0, 0.05) is 32.3 Å². The molecule has 6 N–H and O–H groups in total. The lowest BCUT2D eigenvalue weighted by molar-refractivity contribution is -0.134. The number of methoxy groups -OCH3 is 3. The number of para-hydroxylation sites is 2. The van der Waals surface area contributed by atoms with Gasteiger partial charge >= 0.3 is 5.69 Å². The van der Waals surface area contributed by atoms with E-state index >= 15 is 0 Å². The lowest BCUT2D eigenvalue weighted by Gasteiger charge is -2.22. The number of nitrogens with zero attached hydrogens (tertiary/aromatic N) is 3. The van der Waals surface area contributed by atoms with E-state index in [1.807, 2.05) is 0 Å². The zero-order valence-corrected chi connectivity index (χ0v) is 26.3. The highest BCUT2D eigenvalue weighted by molar-refractivity contribution is 5.95. The van der Waals surface area contributed by atoms with Crippen molar-refractivity contribution in [3.8, 4) is 28.7 Å². The van der Waals surface area contributed by atoms with Crippen LogP contribution < -0.4 is 35.7 Å². The summed E-state index contributed by atoms with van der Waals surface area (Å²) in [5.74, 6) is 0.479. The molecule has 1 heterocycles. The Kier molecular flexibility index (Phi) is 11.7. The fourth-order valence-electron chi connectivity index (χ4n) is 4.13. The van der Waals surface area contributed by atoms with Crippen LogP contribution in [0.2, 0.25) is 0 Å². The molecule has 1 unspecified atom stereocenters. The number of nitrogen functional groups attached to an aromatic ring is 1. The molecule has 3 aromatic carbocycles. The van der Waals surface area contributed by atoms with E-state index in [1.165, 1.54) is 30.9 Å². The van der Waals surface area contributed by atoms with Gasteiger partial charge in [0.05, 0.1) is 21.3 Å². The van der Waals surface area contributed by atoms with Crippen LogP contribution >= 0.6 is 0 Å². The number of aromatic nitrogens is 3. The summed E-state index contributed by atoms with van der Waals surface area (Å²) in [4.78, 5) is 38.6. The van der Waals surface area contributed by atoms with E-state index in [9.17, 15) is 9.59 Å². The zero-order chi connectivity index (χ0) is 34.0. The number of hydrogen-bond acceptors (Lipinski definition) is 10. The molecule has 0 radical (unpaired) electrons. The number of ether oxygens (including phenoxy) is 4. The Labute approximate surface area is 265 Å². The third-order valence-electron chi connectivity index (χ3n) is 6.38. The van der Waals surface area contributed by atoms with Crippen LogP contribution in [0.5, 0.6) is 23.0 Å². The highest BCUT2D eigenvalue weighted by Crippen LogP contribution is 2.41. The summed E-state index contributed by atoms with van der Waals surface area (Å²) >= 11 is 0. The normalized spacial score (nSPS) is 10.9. The molecule has 244 valence electrons. The van der Waals surface area contributed by atoms with Gasteiger partial charge in [-0.2, -0.15) is 4.68 Å². The second-order valence-electron chi connectivity index (χ2n) is 9.82. The van der Waals surface area contributed by atoms with E-state index in [0.717, 1.165) is 6.92 Å². The van der Waals surface area contributed by atoms with E-state index in [-0.39, 0.29) is 29.9 Å². The Morgan fingerprint density at radius 2 is 1.59 bits per heavy atom. The molecule has 15 nitrogen and oxygen atoms in total. The molecule has 4 rings (SSSR count). The summed E-state index contributed by atoms with van der Waals surface area (Å²) in [5.41, 5.74) is 7.42. The molecule has 1 atom stereocenters. The fraction of sp³-hybridized carbons (Fsp3) is 0.258. The highest BCUT2D eigenvalue weighted by Gasteiger charge is 2.25. The highest BCUT2D eigenvalue weighted by atomic mass is 16.5. The predicted octanol–water partition coefficient (Wildman–Crippen LogP) is 2.63. The van der Waals surface area contributed by atoms with Crippen molar-refractivity contribution < 1.29 is 33.6 Å². The summed E-state index contributed by atoms with van der Waals surface area (Å²) in [7, 11) is 7.72. The minimum atomic E-state index is -0.833. The number of H-pyrrole nitrogens is 1. The summed E-state index contributed by atoms with van der Waals surface area (Å²) in [5, 5.41) is 23.1. The number of carbonyl (C=O) groups is 2. The molecule has 0 saturated carbocycles. The van der Waals surface area contributed by atoms with E-state index in [4.69, 9.17) is 40.0 Å². The van der Waals surface area contributed by atoms with Gasteiger partial charge in [0.2, 0.25) is 5.75 Å². The maximum Gasteiger partial charge on any atom is 0.348 e. The smallest absolute Gasteiger partial charge is 0.348 e. The van der Waals surface area contributed by atoms with Crippen LogP contribution in [0, 0.1) is 5.41 Å². The van der Waals surface area contributed by atoms with Crippen molar-refractivity contribution in [3.05, 3.63) is 88.1 Å². The van der Waals surface area contributed by atoms with E-state index < -0.39 is 17.7 Å². The third-order valence-corrected chi connectivity index (χ3v) is 6.38. The first-order chi connectivity index (χ1) is 21.9. The summed E-state index contributed by atoms with van der Waals surface area (Å²) in [6.07, 6.45) is 0. The van der Waals surface area contributed by atoms with Crippen LogP contribution in [-0.2, 0) is 9.59 Å². The van der Waals surface area contributed by atoms with Gasteiger partial charge in [0.15, 0.2) is 23.9 Å². The number of aliphatic carboxylic acids is 1. The molecule has 15 heteroatoms. The molecule has 0 aliphatic rings. The second-order valence-corrected chi connectivity index (χ2v) is 9.82. The first-order valence-corrected chi connectivity index (χ1v) is 13.7. The number of aromatic amines is 1. The van der Waals surface area contributed by atoms with Gasteiger partial charge in [-0.3, -0.25) is 20.0 Å². The number of likely N-dealkylation sites (N-methyl/N-ethyl adjacent to an activating group) is 1. The Morgan fingerprint density at radius 1 is 1.02 bits per heavy atom. The molecule has 0 spiro atoms. The Balaban J connectivity index is 0.00000136. The number of rotatable bonds is 12. The van der Waals surface area contributed by atoms with Crippen LogP contribution in [0.15, 0.2) is 65.5 Å². The Hall–Kier alpha value is -5.99. The number of nitrogens with two attached hydrogens (primary N) is 1. The van der Waals surface area contributed by atoms with Crippen molar-refractivity contribution in [3.63, 3.8) is 0 Å². The van der Waals surface area contributed by atoms with Crippen LogP contribution in [-0.4, -0.2) is 84.5 Å². The lowest BCUT2D eigenvalue weighted by Crippen LogP contribution is -2.27. The molecule has 1 aromatic heterocycles. The van der Waals surface area contributed by atoms with Crippen LogP contribution in [0.1, 0.15) is 29.9 Å². The van der Waals surface area contributed by atoms with E-state index in [1.54, 1.807) is 74.8 Å². The Bertz CT molecular complexity index is 1700. The number of carboxylic acids is 1. The summed E-state index contributed by atoms with van der Waals surface area (Å²) in [6.45, 7) is 0.861. The van der Waals surface area contributed by atoms with Crippen molar-refractivity contribution >= 4 is 23.4 Å². The quantitative estimate of drug-likeness (QED) is 0.113. The van der Waals surface area contributed by atoms with Crippen LogP contribution in [0.3, 0.4) is 0 Å². The van der Waals surface area contributed by atoms with Crippen molar-refractivity contribution in [2.24, 2.45) is 5.73 Å². The molecule has 1 amide bonds. The minimum Gasteiger partial charge on any atom is -0.494 e. The summed E-state index contributed by atoms with van der Waals surface area (Å²) < 4.78 is 23.7. The fourth-order valence-corrected chi connectivity index (χ4v) is 4.13. The zero-order valence-electron chi connectivity index (χ0n) is 26.3. The summed E-state index contributed by atoms with van der Waals surface area (Å²) in [6, 6.07) is 16.7. The average Bonchev–Trinajstić information content (AvgIpc) is 3.42. The molecular weight excluding hydrogens is 598 g/mol. The van der Waals surface area contributed by atoms with Crippen molar-refractivity contribution in [2.45, 2.75) is 13.0 Å². The molecule has 0 aliphatic heterocycles. The van der Waals surface area contributed by atoms with Crippen LogP contribution in [0.4, 0.5) is 5.69 Å². The first kappa shape index (κ1) is 34.5. The molecule has 0 saturated heterocycles. The number of benzene rings is 3. The molecule has 0 fully saturated rings. The van der Waals surface area contributed by atoms with Gasteiger partial charge in [-0.25, -0.2) is 4.79 Å². The standard InChI is InChI=1S/C29H33N7O6.C2H4O2/c1-35(2)24(37)16-42-26-22(40-4)14-18(15-23(26)41-5)25(32-19-12-10-17(11-13-19)27(30)31)28-33-29(38)36(34-28)20-8-6-7-9-21(20)39-3;1-2(3)4/h6-15,25,32H,16H2,1-5H3,(H3,30,31)(H,33,34,38);1H3,(H,3,4). The average molecular weight is 636 g/mol.